The molecule has 2 rings (SSSR count). The zero-order valence-corrected chi connectivity index (χ0v) is 11.5. The first-order valence-electron chi connectivity index (χ1n) is 5.08. The van der Waals surface area contributed by atoms with Crippen LogP contribution in [0.1, 0.15) is 22.0 Å². The lowest BCUT2D eigenvalue weighted by molar-refractivity contribution is 0.646. The third-order valence-electron chi connectivity index (χ3n) is 2.44. The number of thiophene rings is 1. The summed E-state index contributed by atoms with van der Waals surface area (Å²) < 4.78 is 0.749. The standard InChI is InChI=1S/C12H12Cl2N2S/c1-7-4-8(6-9(13)5-7)12(16-15)10-2-3-11(14)17-10/h2-6,12,16H,15H2,1H3. The molecule has 2 nitrogen and oxygen atoms in total. The number of benzene rings is 1. The fraction of sp³-hybridized carbons (Fsp3) is 0.167. The van der Waals surface area contributed by atoms with Gasteiger partial charge in [-0.25, -0.2) is 5.43 Å². The molecule has 0 saturated heterocycles. The molecule has 0 saturated carbocycles. The van der Waals surface area contributed by atoms with Gasteiger partial charge in [-0.3, -0.25) is 5.84 Å². The molecule has 90 valence electrons. The summed E-state index contributed by atoms with van der Waals surface area (Å²) in [5.41, 5.74) is 4.94. The number of nitrogens with one attached hydrogen (secondary N) is 1. The minimum absolute atomic E-state index is 0.0788. The lowest BCUT2D eigenvalue weighted by atomic mass is 10.0. The van der Waals surface area contributed by atoms with E-state index in [2.05, 4.69) is 11.5 Å². The van der Waals surface area contributed by atoms with Gasteiger partial charge in [-0.15, -0.1) is 11.3 Å². The average molecular weight is 287 g/mol. The molecule has 0 radical (unpaired) electrons. The van der Waals surface area contributed by atoms with E-state index >= 15 is 0 Å². The van der Waals surface area contributed by atoms with Crippen LogP contribution in [-0.2, 0) is 0 Å². The highest BCUT2D eigenvalue weighted by atomic mass is 35.5. The molecule has 17 heavy (non-hydrogen) atoms. The number of hydrazine groups is 1. The van der Waals surface area contributed by atoms with Crippen LogP contribution in [-0.4, -0.2) is 0 Å². The zero-order chi connectivity index (χ0) is 12.4. The molecule has 1 aromatic carbocycles. The molecule has 0 aliphatic carbocycles. The molecule has 0 amide bonds. The van der Waals surface area contributed by atoms with Crippen LogP contribution >= 0.6 is 34.5 Å². The molecule has 0 spiro atoms. The SMILES string of the molecule is Cc1cc(Cl)cc(C(NN)c2ccc(Cl)s2)c1. The van der Waals surface area contributed by atoms with Gasteiger partial charge >= 0.3 is 0 Å². The van der Waals surface area contributed by atoms with E-state index in [1.54, 1.807) is 0 Å². The first-order chi connectivity index (χ1) is 8.10. The number of aryl methyl sites for hydroxylation is 1. The van der Waals surface area contributed by atoms with Crippen molar-refractivity contribution >= 4 is 34.5 Å². The number of hydrogen-bond donors (Lipinski definition) is 2. The maximum absolute atomic E-state index is 6.05. The van der Waals surface area contributed by atoms with Gasteiger partial charge in [-0.2, -0.15) is 0 Å². The Kier molecular flexibility index (Phi) is 4.07. The van der Waals surface area contributed by atoms with Crippen LogP contribution in [0.15, 0.2) is 30.3 Å². The second-order valence-electron chi connectivity index (χ2n) is 3.80. The summed E-state index contributed by atoms with van der Waals surface area (Å²) in [5, 5.41) is 0.711. The van der Waals surface area contributed by atoms with Crippen LogP contribution < -0.4 is 11.3 Å². The third-order valence-corrected chi connectivity index (χ3v) is 3.96. The third kappa shape index (κ3) is 3.00. The van der Waals surface area contributed by atoms with Crippen molar-refractivity contribution < 1.29 is 0 Å². The Bertz CT molecular complexity index is 505. The van der Waals surface area contributed by atoms with Crippen molar-refractivity contribution in [3.8, 4) is 0 Å². The van der Waals surface area contributed by atoms with E-state index in [0.29, 0.717) is 5.02 Å². The number of hydrogen-bond acceptors (Lipinski definition) is 3. The maximum Gasteiger partial charge on any atom is 0.0931 e. The van der Waals surface area contributed by atoms with Gasteiger partial charge in [0.25, 0.3) is 0 Å². The smallest absolute Gasteiger partial charge is 0.0931 e. The highest BCUT2D eigenvalue weighted by molar-refractivity contribution is 7.16. The van der Waals surface area contributed by atoms with Crippen molar-refractivity contribution in [2.75, 3.05) is 0 Å². The van der Waals surface area contributed by atoms with Crippen molar-refractivity contribution in [1.29, 1.82) is 0 Å². The Labute approximate surface area is 114 Å². The summed E-state index contributed by atoms with van der Waals surface area (Å²) >= 11 is 13.5. The summed E-state index contributed by atoms with van der Waals surface area (Å²) in [5.74, 6) is 5.62. The Morgan fingerprint density at radius 3 is 2.53 bits per heavy atom. The van der Waals surface area contributed by atoms with Crippen LogP contribution in [0.5, 0.6) is 0 Å². The summed E-state index contributed by atoms with van der Waals surface area (Å²) in [6.45, 7) is 2.00. The van der Waals surface area contributed by atoms with Gasteiger partial charge in [-0.1, -0.05) is 29.3 Å². The Morgan fingerprint density at radius 2 is 2.00 bits per heavy atom. The summed E-state index contributed by atoms with van der Waals surface area (Å²) in [6, 6.07) is 9.64. The van der Waals surface area contributed by atoms with E-state index in [1.807, 2.05) is 31.2 Å². The van der Waals surface area contributed by atoms with Crippen LogP contribution in [0.25, 0.3) is 0 Å². The second-order valence-corrected chi connectivity index (χ2v) is 5.99. The van der Waals surface area contributed by atoms with Gasteiger partial charge in [0.2, 0.25) is 0 Å². The van der Waals surface area contributed by atoms with Gasteiger partial charge in [-0.05, 0) is 42.3 Å². The van der Waals surface area contributed by atoms with Crippen LogP contribution in [0.3, 0.4) is 0 Å². The summed E-state index contributed by atoms with van der Waals surface area (Å²) in [6.07, 6.45) is 0. The van der Waals surface area contributed by atoms with E-state index in [4.69, 9.17) is 29.0 Å². The molecular weight excluding hydrogens is 275 g/mol. The molecule has 1 heterocycles. The Hall–Kier alpha value is -0.580. The van der Waals surface area contributed by atoms with E-state index in [1.165, 1.54) is 11.3 Å². The monoisotopic (exact) mass is 286 g/mol. The Balaban J connectivity index is 2.41. The number of rotatable bonds is 3. The largest absolute Gasteiger partial charge is 0.271 e. The molecule has 1 atom stereocenters. The minimum Gasteiger partial charge on any atom is -0.271 e. The molecule has 1 unspecified atom stereocenters. The summed E-state index contributed by atoms with van der Waals surface area (Å²) in [4.78, 5) is 1.07. The Morgan fingerprint density at radius 1 is 1.24 bits per heavy atom. The van der Waals surface area contributed by atoms with Crippen molar-refractivity contribution in [2.24, 2.45) is 5.84 Å². The van der Waals surface area contributed by atoms with E-state index < -0.39 is 0 Å². The highest BCUT2D eigenvalue weighted by Gasteiger charge is 2.15. The molecular formula is C12H12Cl2N2S. The predicted octanol–water partition coefficient (Wildman–Crippen LogP) is 3.92. The number of halogens is 2. The molecule has 0 aliphatic rings. The first kappa shape index (κ1) is 12.9. The van der Waals surface area contributed by atoms with Crippen molar-refractivity contribution in [3.63, 3.8) is 0 Å². The molecule has 0 bridgehead atoms. The lowest BCUT2D eigenvalue weighted by Gasteiger charge is -2.15. The van der Waals surface area contributed by atoms with E-state index in [9.17, 15) is 0 Å². The highest BCUT2D eigenvalue weighted by Crippen LogP contribution is 2.31. The average Bonchev–Trinajstić information content (AvgIpc) is 2.64. The normalized spacial score (nSPS) is 12.7. The molecule has 2 aromatic rings. The van der Waals surface area contributed by atoms with Gasteiger partial charge in [0.1, 0.15) is 0 Å². The van der Waals surface area contributed by atoms with Crippen molar-refractivity contribution in [2.45, 2.75) is 13.0 Å². The molecule has 1 aromatic heterocycles. The number of nitrogens with two attached hydrogens (primary N) is 1. The van der Waals surface area contributed by atoms with E-state index in [-0.39, 0.29) is 6.04 Å². The lowest BCUT2D eigenvalue weighted by Crippen LogP contribution is -2.28. The predicted molar refractivity (Wildman–Crippen MR) is 74.7 cm³/mol. The van der Waals surface area contributed by atoms with Gasteiger partial charge < -0.3 is 0 Å². The topological polar surface area (TPSA) is 38.0 Å². The van der Waals surface area contributed by atoms with Crippen LogP contribution in [0.2, 0.25) is 9.36 Å². The molecule has 3 N–H and O–H groups in total. The first-order valence-corrected chi connectivity index (χ1v) is 6.66. The summed E-state index contributed by atoms with van der Waals surface area (Å²) in [7, 11) is 0. The van der Waals surface area contributed by atoms with Crippen molar-refractivity contribution in [1.82, 2.24) is 5.43 Å². The maximum atomic E-state index is 6.05. The fourth-order valence-corrected chi connectivity index (χ4v) is 3.20. The van der Waals surface area contributed by atoms with Crippen LogP contribution in [0, 0.1) is 6.92 Å². The molecule has 5 heteroatoms. The van der Waals surface area contributed by atoms with Gasteiger partial charge in [0.15, 0.2) is 0 Å². The minimum atomic E-state index is -0.0788. The van der Waals surface area contributed by atoms with Crippen LogP contribution in [0.4, 0.5) is 0 Å². The van der Waals surface area contributed by atoms with Gasteiger partial charge in [0.05, 0.1) is 10.4 Å². The van der Waals surface area contributed by atoms with E-state index in [0.717, 1.165) is 20.3 Å². The second kappa shape index (κ2) is 5.38. The van der Waals surface area contributed by atoms with Crippen molar-refractivity contribution in [3.05, 3.63) is 55.7 Å². The van der Waals surface area contributed by atoms with Gasteiger partial charge in [0, 0.05) is 9.90 Å². The molecule has 0 fully saturated rings. The molecule has 0 aliphatic heterocycles. The fourth-order valence-electron chi connectivity index (χ4n) is 1.76. The zero-order valence-electron chi connectivity index (χ0n) is 9.21. The quantitative estimate of drug-likeness (QED) is 0.663.